The first-order valence-corrected chi connectivity index (χ1v) is 8.97. The average Bonchev–Trinajstić information content (AvgIpc) is 3.32. The molecule has 5 rings (SSSR count). The first-order chi connectivity index (χ1) is 13.0. The lowest BCUT2D eigenvalue weighted by molar-refractivity contribution is 0.533. The highest BCUT2D eigenvalue weighted by Gasteiger charge is 2.41. The fourth-order valence-electron chi connectivity index (χ4n) is 4.23. The summed E-state index contributed by atoms with van der Waals surface area (Å²) in [6.07, 6.45) is 1.52. The molecule has 0 saturated carbocycles. The van der Waals surface area contributed by atoms with Gasteiger partial charge < -0.3 is 9.80 Å². The molecule has 3 aromatic heterocycles. The molecule has 0 amide bonds. The lowest BCUT2D eigenvalue weighted by Gasteiger charge is -2.24. The van der Waals surface area contributed by atoms with Crippen molar-refractivity contribution in [1.29, 1.82) is 0 Å². The molecule has 2 saturated heterocycles. The standard InChI is InChI=1S/C17H20N8O2/c1-10-3-14(25-16(20-10)18-9-19-25)24-7-11-5-23(6-12(11)8-24)13-4-15(26)22(2)17(27)21-13/h3-4,9,11-12H,5-8H2,1-2H3,(H,21,27). The van der Waals surface area contributed by atoms with Gasteiger partial charge >= 0.3 is 5.69 Å². The number of nitrogens with zero attached hydrogens (tertiary/aromatic N) is 7. The van der Waals surface area contributed by atoms with Gasteiger partial charge in [-0.05, 0) is 6.92 Å². The monoisotopic (exact) mass is 368 g/mol. The van der Waals surface area contributed by atoms with E-state index in [9.17, 15) is 9.59 Å². The minimum Gasteiger partial charge on any atom is -0.357 e. The van der Waals surface area contributed by atoms with Gasteiger partial charge in [-0.2, -0.15) is 14.6 Å². The molecule has 2 aliphatic heterocycles. The first-order valence-electron chi connectivity index (χ1n) is 8.97. The maximum Gasteiger partial charge on any atom is 0.329 e. The Labute approximate surface area is 154 Å². The molecule has 0 bridgehead atoms. The molecule has 27 heavy (non-hydrogen) atoms. The van der Waals surface area contributed by atoms with Gasteiger partial charge in [0.25, 0.3) is 11.3 Å². The maximum absolute atomic E-state index is 11.9. The number of fused-ring (bicyclic) bond motifs is 2. The molecule has 2 unspecified atom stereocenters. The van der Waals surface area contributed by atoms with Crippen LogP contribution in [0.25, 0.3) is 5.78 Å². The Morgan fingerprint density at radius 2 is 1.78 bits per heavy atom. The molecule has 140 valence electrons. The van der Waals surface area contributed by atoms with E-state index in [-0.39, 0.29) is 11.2 Å². The molecule has 3 aromatic rings. The largest absolute Gasteiger partial charge is 0.357 e. The second kappa shape index (κ2) is 5.66. The summed E-state index contributed by atoms with van der Waals surface area (Å²) in [5.41, 5.74) is 0.257. The van der Waals surface area contributed by atoms with Crippen molar-refractivity contribution in [2.45, 2.75) is 6.92 Å². The van der Waals surface area contributed by atoms with Crippen LogP contribution in [0.1, 0.15) is 5.69 Å². The Hall–Kier alpha value is -3.17. The summed E-state index contributed by atoms with van der Waals surface area (Å²) in [6.45, 7) is 5.38. The summed E-state index contributed by atoms with van der Waals surface area (Å²) < 4.78 is 2.86. The summed E-state index contributed by atoms with van der Waals surface area (Å²) in [7, 11) is 1.48. The normalized spacial score (nSPS) is 22.0. The van der Waals surface area contributed by atoms with E-state index in [0.717, 1.165) is 42.3 Å². The van der Waals surface area contributed by atoms with Crippen molar-refractivity contribution in [1.82, 2.24) is 29.1 Å². The van der Waals surface area contributed by atoms with Crippen LogP contribution in [0.4, 0.5) is 11.6 Å². The first kappa shape index (κ1) is 16.0. The van der Waals surface area contributed by atoms with Crippen molar-refractivity contribution >= 4 is 17.4 Å². The molecular weight excluding hydrogens is 348 g/mol. The topological polar surface area (TPSA) is 104 Å². The van der Waals surface area contributed by atoms with E-state index in [1.54, 1.807) is 4.52 Å². The SMILES string of the molecule is Cc1cc(N2CC3CN(c4cc(=O)n(C)c(=O)[nH]4)CC3C2)n2ncnc2n1. The number of aryl methyl sites for hydroxylation is 1. The average molecular weight is 368 g/mol. The van der Waals surface area contributed by atoms with Gasteiger partial charge in [-0.3, -0.25) is 14.3 Å². The third-order valence-corrected chi connectivity index (χ3v) is 5.64. The van der Waals surface area contributed by atoms with Crippen LogP contribution in [0.5, 0.6) is 0 Å². The summed E-state index contributed by atoms with van der Waals surface area (Å²) in [5, 5.41) is 4.30. The van der Waals surface area contributed by atoms with E-state index < -0.39 is 0 Å². The van der Waals surface area contributed by atoms with E-state index in [0.29, 0.717) is 23.4 Å². The molecule has 0 radical (unpaired) electrons. The van der Waals surface area contributed by atoms with Crippen LogP contribution in [-0.2, 0) is 7.05 Å². The number of hydrogen-bond donors (Lipinski definition) is 1. The molecule has 0 spiro atoms. The van der Waals surface area contributed by atoms with E-state index in [1.165, 1.54) is 19.4 Å². The molecule has 2 aliphatic rings. The summed E-state index contributed by atoms with van der Waals surface area (Å²) >= 11 is 0. The number of nitrogens with one attached hydrogen (secondary N) is 1. The number of hydrogen-bond acceptors (Lipinski definition) is 7. The fraction of sp³-hybridized carbons (Fsp3) is 0.471. The number of rotatable bonds is 2. The number of aromatic nitrogens is 6. The molecule has 1 N–H and O–H groups in total. The highest BCUT2D eigenvalue weighted by atomic mass is 16.2. The van der Waals surface area contributed by atoms with Crippen molar-refractivity contribution in [3.8, 4) is 0 Å². The predicted octanol–water partition coefficient (Wildman–Crippen LogP) is -0.608. The van der Waals surface area contributed by atoms with Crippen molar-refractivity contribution < 1.29 is 0 Å². The third-order valence-electron chi connectivity index (χ3n) is 5.64. The second-order valence-electron chi connectivity index (χ2n) is 7.41. The van der Waals surface area contributed by atoms with Gasteiger partial charge in [0.15, 0.2) is 0 Å². The van der Waals surface area contributed by atoms with Crippen LogP contribution in [0.15, 0.2) is 28.0 Å². The van der Waals surface area contributed by atoms with Crippen LogP contribution in [0.2, 0.25) is 0 Å². The fourth-order valence-corrected chi connectivity index (χ4v) is 4.23. The van der Waals surface area contributed by atoms with Crippen molar-refractivity contribution in [3.63, 3.8) is 0 Å². The molecule has 5 heterocycles. The number of aromatic amines is 1. The van der Waals surface area contributed by atoms with Gasteiger partial charge in [0.2, 0.25) is 0 Å². The second-order valence-corrected chi connectivity index (χ2v) is 7.41. The zero-order chi connectivity index (χ0) is 18.7. The lowest BCUT2D eigenvalue weighted by Crippen LogP contribution is -2.36. The highest BCUT2D eigenvalue weighted by Crippen LogP contribution is 2.35. The number of anilines is 2. The minimum atomic E-state index is -0.378. The predicted molar refractivity (Wildman–Crippen MR) is 99.2 cm³/mol. The van der Waals surface area contributed by atoms with Gasteiger partial charge in [-0.15, -0.1) is 0 Å². The third kappa shape index (κ3) is 2.51. The van der Waals surface area contributed by atoms with E-state index in [1.807, 2.05) is 13.0 Å². The van der Waals surface area contributed by atoms with Crippen molar-refractivity contribution in [2.75, 3.05) is 36.0 Å². The van der Waals surface area contributed by atoms with Gasteiger partial charge in [0.05, 0.1) is 0 Å². The van der Waals surface area contributed by atoms with Gasteiger partial charge in [-0.1, -0.05) is 0 Å². The molecule has 10 nitrogen and oxygen atoms in total. The lowest BCUT2D eigenvalue weighted by atomic mass is 10.0. The van der Waals surface area contributed by atoms with Crippen molar-refractivity contribution in [2.24, 2.45) is 18.9 Å². The van der Waals surface area contributed by atoms with Crippen LogP contribution in [-0.4, -0.2) is 55.3 Å². The molecule has 0 aliphatic carbocycles. The zero-order valence-corrected chi connectivity index (χ0v) is 15.2. The molecule has 10 heteroatoms. The highest BCUT2D eigenvalue weighted by molar-refractivity contribution is 5.49. The summed E-state index contributed by atoms with van der Waals surface area (Å²) in [6, 6.07) is 3.55. The minimum absolute atomic E-state index is 0.284. The molecule has 0 aromatic carbocycles. The van der Waals surface area contributed by atoms with Gasteiger partial charge in [-0.25, -0.2) is 9.78 Å². The van der Waals surface area contributed by atoms with Crippen molar-refractivity contribution in [3.05, 3.63) is 45.0 Å². The Balaban J connectivity index is 1.39. The number of H-pyrrole nitrogens is 1. The Kier molecular flexibility index (Phi) is 3.36. The van der Waals surface area contributed by atoms with Crippen LogP contribution < -0.4 is 21.0 Å². The Morgan fingerprint density at radius 3 is 2.48 bits per heavy atom. The van der Waals surface area contributed by atoms with Gasteiger partial charge in [0.1, 0.15) is 18.0 Å². The van der Waals surface area contributed by atoms with Gasteiger partial charge in [0, 0.05) is 62.9 Å². The summed E-state index contributed by atoms with van der Waals surface area (Å²) in [5.74, 6) is 3.16. The smallest absolute Gasteiger partial charge is 0.329 e. The Morgan fingerprint density at radius 1 is 1.07 bits per heavy atom. The van der Waals surface area contributed by atoms with E-state index >= 15 is 0 Å². The quantitative estimate of drug-likeness (QED) is 0.643. The van der Waals surface area contributed by atoms with E-state index in [2.05, 4.69) is 29.9 Å². The zero-order valence-electron chi connectivity index (χ0n) is 15.2. The summed E-state index contributed by atoms with van der Waals surface area (Å²) in [4.78, 5) is 39.7. The van der Waals surface area contributed by atoms with Crippen LogP contribution in [0, 0.1) is 18.8 Å². The Bertz CT molecular complexity index is 1100. The maximum atomic E-state index is 11.9. The molecule has 2 fully saturated rings. The van der Waals surface area contributed by atoms with Crippen LogP contribution in [0.3, 0.4) is 0 Å². The van der Waals surface area contributed by atoms with E-state index in [4.69, 9.17) is 0 Å². The molecular formula is C17H20N8O2. The van der Waals surface area contributed by atoms with Crippen LogP contribution >= 0.6 is 0 Å². The molecule has 2 atom stereocenters.